The van der Waals surface area contributed by atoms with Gasteiger partial charge in [0, 0.05) is 25.4 Å². The molecule has 2 unspecified atom stereocenters. The van der Waals surface area contributed by atoms with Gasteiger partial charge >= 0.3 is 0 Å². The maximum absolute atomic E-state index is 14.9. The third kappa shape index (κ3) is 4.66. The number of carbonyl (C=O) groups is 1. The van der Waals surface area contributed by atoms with Crippen LogP contribution in [0.1, 0.15) is 18.9 Å². The molecule has 1 fully saturated rings. The molecule has 2 aromatic carbocycles. The van der Waals surface area contributed by atoms with Crippen LogP contribution in [0.4, 0.5) is 10.1 Å². The van der Waals surface area contributed by atoms with Crippen LogP contribution in [0.5, 0.6) is 0 Å². The van der Waals surface area contributed by atoms with E-state index in [-0.39, 0.29) is 24.6 Å². The number of benzene rings is 2. The average Bonchev–Trinajstić information content (AvgIpc) is 3.01. The molecule has 156 valence electrons. The summed E-state index contributed by atoms with van der Waals surface area (Å²) < 4.78 is 47.0. The minimum Gasteiger partial charge on any atom is -0.309 e. The number of rotatable bonds is 6. The first-order valence-corrected chi connectivity index (χ1v) is 10.9. The summed E-state index contributed by atoms with van der Waals surface area (Å²) in [5.74, 6) is -1.49. The fourth-order valence-corrected chi connectivity index (χ4v) is 4.37. The molecule has 0 aromatic heterocycles. The number of amides is 1. The summed E-state index contributed by atoms with van der Waals surface area (Å²) in [4.78, 5) is 15.7. The number of carbonyl (C=O) groups excluding carboxylic acids is 1. The third-order valence-corrected chi connectivity index (χ3v) is 6.67. The fourth-order valence-electron chi connectivity index (χ4n) is 3.70. The summed E-state index contributed by atoms with van der Waals surface area (Å²) in [7, 11) is -0.336. The Morgan fingerprint density at radius 2 is 1.93 bits per heavy atom. The molecular formula is C21H25FN2O4S. The van der Waals surface area contributed by atoms with Crippen LogP contribution < -0.4 is 4.90 Å². The van der Waals surface area contributed by atoms with Crippen LogP contribution in [0.3, 0.4) is 0 Å². The predicted molar refractivity (Wildman–Crippen MR) is 111 cm³/mol. The summed E-state index contributed by atoms with van der Waals surface area (Å²) in [5.41, 5.74) is 2.80. The Bertz CT molecular complexity index is 1020. The van der Waals surface area contributed by atoms with E-state index < -0.39 is 27.1 Å². The lowest BCUT2D eigenvalue weighted by Gasteiger charge is -2.20. The molecule has 1 heterocycles. The lowest BCUT2D eigenvalue weighted by molar-refractivity contribution is -0.117. The molecule has 2 aromatic rings. The van der Waals surface area contributed by atoms with Crippen LogP contribution in [-0.4, -0.2) is 49.7 Å². The molecule has 3 rings (SSSR count). The molecule has 0 bridgehead atoms. The van der Waals surface area contributed by atoms with Crippen molar-refractivity contribution >= 4 is 21.7 Å². The van der Waals surface area contributed by atoms with Gasteiger partial charge in [0.15, 0.2) is 0 Å². The summed E-state index contributed by atoms with van der Waals surface area (Å²) in [6.07, 6.45) is -0.0478. The molecule has 6 nitrogen and oxygen atoms in total. The zero-order valence-electron chi connectivity index (χ0n) is 16.7. The van der Waals surface area contributed by atoms with Gasteiger partial charge in [-0.05, 0) is 49.8 Å². The lowest BCUT2D eigenvalue weighted by atomic mass is 9.99. The van der Waals surface area contributed by atoms with Gasteiger partial charge in [-0.1, -0.05) is 30.3 Å². The van der Waals surface area contributed by atoms with Crippen molar-refractivity contribution < 1.29 is 22.2 Å². The summed E-state index contributed by atoms with van der Waals surface area (Å²) >= 11 is 0. The summed E-state index contributed by atoms with van der Waals surface area (Å²) in [5, 5.41) is -1.09. The molecule has 1 saturated heterocycles. The van der Waals surface area contributed by atoms with Gasteiger partial charge < -0.3 is 9.80 Å². The standard InChI is InChI=1S/C21H25FN2O4S/c1-14(29(26,27)28)17-11-21(25)24(13-17)20-9-8-15(10-19(20)22)18-7-5-4-6-16(18)12-23(2)3/h4-10,14,17H,11-13H2,1-3H3,(H,26,27,28). The van der Waals surface area contributed by atoms with Crippen LogP contribution in [0, 0.1) is 11.7 Å². The van der Waals surface area contributed by atoms with Crippen molar-refractivity contribution in [2.75, 3.05) is 25.5 Å². The van der Waals surface area contributed by atoms with Crippen LogP contribution in [0.15, 0.2) is 42.5 Å². The minimum absolute atomic E-state index is 0.0478. The number of hydrogen-bond acceptors (Lipinski definition) is 4. The second kappa shape index (κ2) is 8.22. The first-order chi connectivity index (χ1) is 13.6. The number of anilines is 1. The van der Waals surface area contributed by atoms with E-state index in [0.29, 0.717) is 12.1 Å². The molecule has 1 amide bonds. The molecule has 1 aliphatic heterocycles. The maximum atomic E-state index is 14.9. The second-order valence-corrected chi connectivity index (χ2v) is 9.52. The van der Waals surface area contributed by atoms with Gasteiger partial charge in [0.05, 0.1) is 10.9 Å². The van der Waals surface area contributed by atoms with Crippen LogP contribution in [-0.2, 0) is 21.5 Å². The van der Waals surface area contributed by atoms with Gasteiger partial charge in [-0.3, -0.25) is 9.35 Å². The van der Waals surface area contributed by atoms with Gasteiger partial charge in [0.2, 0.25) is 5.91 Å². The smallest absolute Gasteiger partial charge is 0.267 e. The van der Waals surface area contributed by atoms with E-state index in [1.807, 2.05) is 43.3 Å². The number of hydrogen-bond donors (Lipinski definition) is 1. The van der Waals surface area contributed by atoms with Gasteiger partial charge in [-0.15, -0.1) is 0 Å². The lowest BCUT2D eigenvalue weighted by Crippen LogP contribution is -2.30. The minimum atomic E-state index is -4.26. The van der Waals surface area contributed by atoms with Crippen molar-refractivity contribution in [2.24, 2.45) is 5.92 Å². The largest absolute Gasteiger partial charge is 0.309 e. The van der Waals surface area contributed by atoms with Gasteiger partial charge in [-0.2, -0.15) is 8.42 Å². The Morgan fingerprint density at radius 3 is 2.55 bits per heavy atom. The maximum Gasteiger partial charge on any atom is 0.267 e. The Kier molecular flexibility index (Phi) is 6.07. The highest BCUT2D eigenvalue weighted by atomic mass is 32.2. The molecule has 1 aliphatic rings. The highest BCUT2D eigenvalue weighted by molar-refractivity contribution is 7.86. The Balaban J connectivity index is 1.89. The molecular weight excluding hydrogens is 395 g/mol. The zero-order valence-corrected chi connectivity index (χ0v) is 17.5. The van der Waals surface area contributed by atoms with Crippen LogP contribution in [0.2, 0.25) is 0 Å². The molecule has 8 heteroatoms. The highest BCUT2D eigenvalue weighted by Crippen LogP contribution is 2.33. The summed E-state index contributed by atoms with van der Waals surface area (Å²) in [6, 6.07) is 12.5. The fraction of sp³-hybridized carbons (Fsp3) is 0.381. The molecule has 2 atom stereocenters. The molecule has 0 aliphatic carbocycles. The van der Waals surface area contributed by atoms with Crippen molar-refractivity contribution in [1.82, 2.24) is 4.90 Å². The van der Waals surface area contributed by atoms with Crippen molar-refractivity contribution in [3.05, 3.63) is 53.8 Å². The van der Waals surface area contributed by atoms with E-state index >= 15 is 0 Å². The Labute approximate surface area is 170 Å². The van der Waals surface area contributed by atoms with Crippen molar-refractivity contribution in [3.63, 3.8) is 0 Å². The van der Waals surface area contributed by atoms with Gasteiger partial charge in [-0.25, -0.2) is 4.39 Å². The summed E-state index contributed by atoms with van der Waals surface area (Å²) in [6.45, 7) is 2.12. The SMILES string of the molecule is CC(C1CC(=O)N(c2ccc(-c3ccccc3CN(C)C)cc2F)C1)S(=O)(=O)O. The third-order valence-electron chi connectivity index (χ3n) is 5.34. The first-order valence-electron chi connectivity index (χ1n) is 9.37. The molecule has 1 N–H and O–H groups in total. The van der Waals surface area contributed by atoms with Crippen molar-refractivity contribution in [3.8, 4) is 11.1 Å². The number of halogens is 1. The van der Waals surface area contributed by atoms with E-state index in [1.165, 1.54) is 17.9 Å². The highest BCUT2D eigenvalue weighted by Gasteiger charge is 2.39. The van der Waals surface area contributed by atoms with E-state index in [2.05, 4.69) is 0 Å². The van der Waals surface area contributed by atoms with Crippen LogP contribution >= 0.6 is 0 Å². The monoisotopic (exact) mass is 420 g/mol. The average molecular weight is 421 g/mol. The second-order valence-electron chi connectivity index (χ2n) is 7.75. The van der Waals surface area contributed by atoms with Crippen LogP contribution in [0.25, 0.3) is 11.1 Å². The zero-order chi connectivity index (χ0) is 21.3. The molecule has 0 radical (unpaired) electrons. The molecule has 29 heavy (non-hydrogen) atoms. The van der Waals surface area contributed by atoms with Crippen molar-refractivity contribution in [1.29, 1.82) is 0 Å². The van der Waals surface area contributed by atoms with E-state index in [4.69, 9.17) is 0 Å². The van der Waals surface area contributed by atoms with Crippen molar-refractivity contribution in [2.45, 2.75) is 25.1 Å². The Hall–Kier alpha value is -2.29. The van der Waals surface area contributed by atoms with E-state index in [9.17, 15) is 22.2 Å². The van der Waals surface area contributed by atoms with Gasteiger partial charge in [0.1, 0.15) is 5.82 Å². The quantitative estimate of drug-likeness (QED) is 0.727. The molecule has 0 spiro atoms. The van der Waals surface area contributed by atoms with Gasteiger partial charge in [0.25, 0.3) is 10.1 Å². The van der Waals surface area contributed by atoms with E-state index in [0.717, 1.165) is 11.1 Å². The number of nitrogens with zero attached hydrogens (tertiary/aromatic N) is 2. The normalized spacial score (nSPS) is 18.5. The molecule has 0 saturated carbocycles. The first kappa shape index (κ1) is 21.4. The predicted octanol–water partition coefficient (Wildman–Crippen LogP) is 3.18. The Morgan fingerprint density at radius 1 is 1.24 bits per heavy atom. The topological polar surface area (TPSA) is 77.9 Å². The van der Waals surface area contributed by atoms with E-state index in [1.54, 1.807) is 12.1 Å².